The number of halogens is 1. The maximum Gasteiger partial charge on any atom is 0.110 e. The van der Waals surface area contributed by atoms with Gasteiger partial charge in [0.25, 0.3) is 0 Å². The average molecular weight is 292 g/mol. The molecule has 0 saturated carbocycles. The number of quaternary nitrogens is 1. The molecule has 18 heavy (non-hydrogen) atoms. The topological polar surface area (TPSA) is 121 Å². The molecule has 0 heterocycles. The molecule has 114 valence electrons. The van der Waals surface area contributed by atoms with Gasteiger partial charge in [-0.05, 0) is 0 Å². The fourth-order valence-corrected chi connectivity index (χ4v) is 0.772. The van der Waals surface area contributed by atoms with Gasteiger partial charge < -0.3 is 47.5 Å². The zero-order valence-electron chi connectivity index (χ0n) is 11.1. The number of aliphatic hydroxyl groups excluding tert-OH is 6. The lowest BCUT2D eigenvalue weighted by Gasteiger charge is -2.21. The lowest BCUT2D eigenvalue weighted by Crippen LogP contribution is -3.00. The highest BCUT2D eigenvalue weighted by atomic mass is 35.5. The Hall–Kier alpha value is 0.01000. The van der Waals surface area contributed by atoms with Gasteiger partial charge in [0.2, 0.25) is 0 Å². The van der Waals surface area contributed by atoms with Gasteiger partial charge in [-0.2, -0.15) is 0 Å². The summed E-state index contributed by atoms with van der Waals surface area (Å²) in [5.74, 6) is 0. The van der Waals surface area contributed by atoms with Crippen molar-refractivity contribution in [1.82, 2.24) is 0 Å². The van der Waals surface area contributed by atoms with Crippen LogP contribution in [0.15, 0.2) is 0 Å². The van der Waals surface area contributed by atoms with Crippen molar-refractivity contribution in [2.45, 2.75) is 18.3 Å². The van der Waals surface area contributed by atoms with Crippen LogP contribution in [0.2, 0.25) is 0 Å². The van der Waals surface area contributed by atoms with E-state index in [9.17, 15) is 0 Å². The molecular weight excluding hydrogens is 266 g/mol. The Morgan fingerprint density at radius 1 is 0.833 bits per heavy atom. The lowest BCUT2D eigenvalue weighted by atomic mass is 10.1. The average Bonchev–Trinajstić information content (AvgIpc) is 2.25. The largest absolute Gasteiger partial charge is 1.00 e. The van der Waals surface area contributed by atoms with Crippen molar-refractivity contribution < 1.29 is 47.5 Å². The summed E-state index contributed by atoms with van der Waals surface area (Å²) in [7, 11) is 6.16. The molecule has 0 aliphatic heterocycles. The van der Waals surface area contributed by atoms with E-state index in [1.807, 2.05) is 0 Å². The van der Waals surface area contributed by atoms with E-state index in [1.165, 1.54) is 0 Å². The van der Waals surface area contributed by atoms with E-state index in [4.69, 9.17) is 30.6 Å². The van der Waals surface area contributed by atoms with Gasteiger partial charge in [0.1, 0.15) is 24.9 Å². The molecule has 0 aromatic heterocycles. The molecule has 7 nitrogen and oxygen atoms in total. The summed E-state index contributed by atoms with van der Waals surface area (Å²) in [6.07, 6.45) is -4.29. The van der Waals surface area contributed by atoms with Gasteiger partial charge in [-0.15, -0.1) is 0 Å². The van der Waals surface area contributed by atoms with Crippen LogP contribution in [-0.2, 0) is 0 Å². The fraction of sp³-hybridized carbons (Fsp3) is 1.00. The Labute approximate surface area is 114 Å². The molecule has 3 atom stereocenters. The molecule has 0 aliphatic carbocycles. The second-order valence-electron chi connectivity index (χ2n) is 4.73. The number of hydrogen-bond donors (Lipinski definition) is 6. The van der Waals surface area contributed by atoms with E-state index in [2.05, 4.69) is 21.1 Å². The number of rotatable bonds is 6. The van der Waals surface area contributed by atoms with Crippen LogP contribution in [0.5, 0.6) is 0 Å². The van der Waals surface area contributed by atoms with Crippen LogP contribution in [0.1, 0.15) is 0 Å². The summed E-state index contributed by atoms with van der Waals surface area (Å²) in [5, 5.41) is 51.0. The van der Waals surface area contributed by atoms with E-state index in [0.717, 1.165) is 11.0 Å². The molecule has 0 rings (SSSR count). The van der Waals surface area contributed by atoms with E-state index >= 15 is 0 Å². The molecule has 0 unspecified atom stereocenters. The van der Waals surface area contributed by atoms with E-state index < -0.39 is 31.5 Å². The number of nitrogens with zero attached hydrogens (tertiary/aromatic N) is 1. The molecule has 0 bridgehead atoms. The van der Waals surface area contributed by atoms with Gasteiger partial charge in [0.05, 0.1) is 41.0 Å². The smallest absolute Gasteiger partial charge is 0.110 e. The Morgan fingerprint density at radius 3 is 1.28 bits per heavy atom. The quantitative estimate of drug-likeness (QED) is 0.271. The van der Waals surface area contributed by atoms with E-state index in [0.29, 0.717) is 0 Å². The van der Waals surface area contributed by atoms with E-state index in [1.54, 1.807) is 0 Å². The van der Waals surface area contributed by atoms with Crippen LogP contribution in [0.3, 0.4) is 0 Å². The van der Waals surface area contributed by atoms with Gasteiger partial charge in [0, 0.05) is 0 Å². The second-order valence-corrected chi connectivity index (χ2v) is 4.73. The van der Waals surface area contributed by atoms with Crippen molar-refractivity contribution in [3.63, 3.8) is 0 Å². The molecule has 0 aromatic carbocycles. The zero-order valence-corrected chi connectivity index (χ0v) is 11.8. The minimum atomic E-state index is -1.49. The Balaban J connectivity index is -0.000000251. The molecule has 0 aromatic rings. The Kier molecular flexibility index (Phi) is 15.5. The maximum atomic E-state index is 8.77. The van der Waals surface area contributed by atoms with Crippen LogP contribution in [0, 0.1) is 0 Å². The predicted molar refractivity (Wildman–Crippen MR) is 62.2 cm³/mol. The normalized spacial score (nSPS) is 15.8. The molecule has 6 N–H and O–H groups in total. The molecule has 8 heteroatoms. The van der Waals surface area contributed by atoms with Crippen LogP contribution in [0.4, 0.5) is 0 Å². The van der Waals surface area contributed by atoms with Crippen molar-refractivity contribution in [2.75, 3.05) is 47.5 Å². The third-order valence-corrected chi connectivity index (χ3v) is 1.93. The zero-order chi connectivity index (χ0) is 14.1. The monoisotopic (exact) mass is 291 g/mol. The van der Waals surface area contributed by atoms with Crippen LogP contribution >= 0.6 is 0 Å². The fourth-order valence-electron chi connectivity index (χ4n) is 0.772. The Bertz CT molecular complexity index is 168. The number of likely N-dealkylation sites (N-methyl/N-ethyl adjacent to an activating group) is 1. The lowest BCUT2D eigenvalue weighted by molar-refractivity contribution is -0.870. The third-order valence-electron chi connectivity index (χ3n) is 1.93. The molecule has 0 amide bonds. The molecular formula is C10H26ClNO6. The van der Waals surface area contributed by atoms with Gasteiger partial charge >= 0.3 is 0 Å². The van der Waals surface area contributed by atoms with Crippen LogP contribution in [0.25, 0.3) is 0 Å². The van der Waals surface area contributed by atoms with Gasteiger partial charge in [-0.25, -0.2) is 0 Å². The summed E-state index contributed by atoms with van der Waals surface area (Å²) >= 11 is 0. The Morgan fingerprint density at radius 2 is 1.17 bits per heavy atom. The maximum absolute atomic E-state index is 8.77. The molecule has 0 spiro atoms. The number of aliphatic hydroxyl groups is 6. The van der Waals surface area contributed by atoms with Crippen molar-refractivity contribution in [2.24, 2.45) is 0 Å². The summed E-state index contributed by atoms with van der Waals surface area (Å²) in [4.78, 5) is 0. The van der Waals surface area contributed by atoms with Gasteiger partial charge in [-0.3, -0.25) is 0 Å². The minimum Gasteiger partial charge on any atom is -1.00 e. The second kappa shape index (κ2) is 12.1. The highest BCUT2D eigenvalue weighted by Gasteiger charge is 2.22. The first-order valence-corrected chi connectivity index (χ1v) is 5.36. The van der Waals surface area contributed by atoms with Crippen molar-refractivity contribution in [3.8, 4) is 0 Å². The van der Waals surface area contributed by atoms with Gasteiger partial charge in [0.15, 0.2) is 0 Å². The van der Waals surface area contributed by atoms with Crippen molar-refractivity contribution in [1.29, 1.82) is 0 Å². The number of hydrogen-bond acceptors (Lipinski definition) is 6. The molecule has 0 fully saturated rings. The van der Waals surface area contributed by atoms with Crippen molar-refractivity contribution in [3.05, 3.63) is 0 Å². The summed E-state index contributed by atoms with van der Waals surface area (Å²) in [5.41, 5.74) is 0. The first-order valence-electron chi connectivity index (χ1n) is 5.36. The van der Waals surface area contributed by atoms with E-state index in [-0.39, 0.29) is 19.0 Å². The van der Waals surface area contributed by atoms with Crippen LogP contribution in [-0.4, -0.2) is 101 Å². The minimum absolute atomic E-state index is 0. The molecule has 0 saturated heterocycles. The highest BCUT2D eigenvalue weighted by molar-refractivity contribution is 4.73. The van der Waals surface area contributed by atoms with Crippen LogP contribution < -0.4 is 12.4 Å². The molecule has 0 radical (unpaired) electrons. The molecule has 0 aliphatic rings. The third kappa shape index (κ3) is 14.1. The first-order chi connectivity index (χ1) is 7.69. The highest BCUT2D eigenvalue weighted by Crippen LogP contribution is 1.98. The van der Waals surface area contributed by atoms with Gasteiger partial charge in [-0.1, -0.05) is 0 Å². The summed E-state index contributed by atoms with van der Waals surface area (Å²) in [6.45, 7) is -0.167. The SMILES string of the molecule is C[N+](C)(C)CCO.OC[C@@H](O)[C@H](O)[C@@H](O)CO.[Cl-]. The summed E-state index contributed by atoms with van der Waals surface area (Å²) < 4.78 is 0.844. The first kappa shape index (κ1) is 23.1. The predicted octanol–water partition coefficient (Wildman–Crippen LogP) is -6.26. The summed E-state index contributed by atoms with van der Waals surface area (Å²) in [6, 6.07) is 0. The standard InChI is InChI=1S/C5H14NO.C5H12O5.ClH/c1-6(2,3)4-5-7;6-1-3(8)5(10)4(9)2-7;/h7H,4-5H2,1-3H3;3-10H,1-2H2;1H/q+1;;/p-1/t;3-,4+,5+;. The van der Waals surface area contributed by atoms with Crippen molar-refractivity contribution >= 4 is 0 Å².